The number of nitrogens with zero attached hydrogens (tertiary/aromatic N) is 3. The van der Waals surface area contributed by atoms with Crippen LogP contribution in [0.3, 0.4) is 0 Å². The molecule has 1 heterocycles. The minimum Gasteiger partial charge on any atom is -0.369 e. The van der Waals surface area contributed by atoms with Crippen molar-refractivity contribution in [1.82, 2.24) is 4.90 Å². The average molecular weight is 312 g/mol. The molecule has 0 unspecified atom stereocenters. The quantitative estimate of drug-likeness (QED) is 0.868. The Kier molecular flexibility index (Phi) is 4.62. The molecular weight excluding hydrogens is 294 g/mol. The standard InChI is InChI=1S/C18H18ClN3/c19-17-6-3-7-18(12-17)22-10-8-21(9-11-22)14-16-5-2-1-4-15(16)13-20/h1-7,12H,8-11,14H2. The van der Waals surface area contributed by atoms with Gasteiger partial charge in [-0.1, -0.05) is 35.9 Å². The lowest BCUT2D eigenvalue weighted by Gasteiger charge is -2.36. The van der Waals surface area contributed by atoms with Crippen LogP contribution >= 0.6 is 11.6 Å². The number of hydrogen-bond acceptors (Lipinski definition) is 3. The van der Waals surface area contributed by atoms with E-state index in [1.165, 1.54) is 5.69 Å². The predicted molar refractivity (Wildman–Crippen MR) is 90.1 cm³/mol. The Morgan fingerprint density at radius 3 is 2.50 bits per heavy atom. The molecule has 0 spiro atoms. The third kappa shape index (κ3) is 3.41. The van der Waals surface area contributed by atoms with Crippen LogP contribution in [0, 0.1) is 11.3 Å². The highest BCUT2D eigenvalue weighted by atomic mass is 35.5. The Morgan fingerprint density at radius 2 is 1.77 bits per heavy atom. The van der Waals surface area contributed by atoms with Gasteiger partial charge in [0.05, 0.1) is 11.6 Å². The molecule has 0 saturated carbocycles. The lowest BCUT2D eigenvalue weighted by Crippen LogP contribution is -2.46. The first kappa shape index (κ1) is 14.9. The topological polar surface area (TPSA) is 30.3 Å². The number of nitriles is 1. The Hall–Kier alpha value is -2.02. The molecule has 0 bridgehead atoms. The van der Waals surface area contributed by atoms with E-state index in [4.69, 9.17) is 11.6 Å². The summed E-state index contributed by atoms with van der Waals surface area (Å²) in [7, 11) is 0. The fourth-order valence-corrected chi connectivity index (χ4v) is 3.03. The van der Waals surface area contributed by atoms with Crippen molar-refractivity contribution in [2.45, 2.75) is 6.54 Å². The molecule has 0 radical (unpaired) electrons. The van der Waals surface area contributed by atoms with Crippen LogP contribution in [-0.2, 0) is 6.54 Å². The molecule has 3 nitrogen and oxygen atoms in total. The molecule has 3 rings (SSSR count). The van der Waals surface area contributed by atoms with Gasteiger partial charge >= 0.3 is 0 Å². The van der Waals surface area contributed by atoms with Crippen LogP contribution in [0.4, 0.5) is 5.69 Å². The minimum absolute atomic E-state index is 0.778. The molecule has 1 saturated heterocycles. The van der Waals surface area contributed by atoms with Crippen LogP contribution in [0.2, 0.25) is 5.02 Å². The number of halogens is 1. The van der Waals surface area contributed by atoms with Crippen molar-refractivity contribution < 1.29 is 0 Å². The van der Waals surface area contributed by atoms with E-state index in [9.17, 15) is 5.26 Å². The van der Waals surface area contributed by atoms with Crippen LogP contribution in [0.5, 0.6) is 0 Å². The molecule has 1 aliphatic heterocycles. The van der Waals surface area contributed by atoms with Crippen LogP contribution < -0.4 is 4.90 Å². The Morgan fingerprint density at radius 1 is 1.00 bits per heavy atom. The predicted octanol–water partition coefficient (Wildman–Crippen LogP) is 3.53. The Balaban J connectivity index is 1.61. The summed E-state index contributed by atoms with van der Waals surface area (Å²) >= 11 is 6.07. The molecule has 22 heavy (non-hydrogen) atoms. The van der Waals surface area contributed by atoms with Crippen LogP contribution in [-0.4, -0.2) is 31.1 Å². The van der Waals surface area contributed by atoms with Gasteiger partial charge in [0.15, 0.2) is 0 Å². The lowest BCUT2D eigenvalue weighted by molar-refractivity contribution is 0.249. The molecule has 112 valence electrons. The summed E-state index contributed by atoms with van der Waals surface area (Å²) in [4.78, 5) is 4.76. The van der Waals surface area contributed by atoms with Gasteiger partial charge in [0.1, 0.15) is 0 Å². The van der Waals surface area contributed by atoms with Gasteiger partial charge in [0, 0.05) is 43.4 Å². The van der Waals surface area contributed by atoms with Crippen LogP contribution in [0.15, 0.2) is 48.5 Å². The largest absolute Gasteiger partial charge is 0.369 e. The maximum atomic E-state index is 9.18. The first-order valence-electron chi connectivity index (χ1n) is 7.47. The van der Waals surface area contributed by atoms with Gasteiger partial charge < -0.3 is 4.90 Å². The minimum atomic E-state index is 0.778. The summed E-state index contributed by atoms with van der Waals surface area (Å²) in [6.45, 7) is 4.79. The molecule has 0 amide bonds. The van der Waals surface area contributed by atoms with Crippen LogP contribution in [0.25, 0.3) is 0 Å². The molecular formula is C18H18ClN3. The second-order valence-electron chi connectivity index (χ2n) is 5.51. The number of hydrogen-bond donors (Lipinski definition) is 0. The second kappa shape index (κ2) is 6.83. The van der Waals surface area contributed by atoms with Crippen molar-refractivity contribution in [3.8, 4) is 6.07 Å². The highest BCUT2D eigenvalue weighted by Crippen LogP contribution is 2.21. The molecule has 0 N–H and O–H groups in total. The first-order valence-corrected chi connectivity index (χ1v) is 7.85. The van der Waals surface area contributed by atoms with Crippen molar-refractivity contribution in [2.24, 2.45) is 0 Å². The van der Waals surface area contributed by atoms with Gasteiger partial charge in [-0.3, -0.25) is 4.90 Å². The summed E-state index contributed by atoms with van der Waals surface area (Å²) < 4.78 is 0. The normalized spacial score (nSPS) is 15.5. The number of anilines is 1. The van der Waals surface area contributed by atoms with Gasteiger partial charge in [-0.15, -0.1) is 0 Å². The zero-order valence-electron chi connectivity index (χ0n) is 12.4. The monoisotopic (exact) mass is 311 g/mol. The fourth-order valence-electron chi connectivity index (χ4n) is 2.85. The van der Waals surface area contributed by atoms with E-state index in [1.54, 1.807) is 0 Å². The van der Waals surface area contributed by atoms with E-state index in [2.05, 4.69) is 21.9 Å². The third-order valence-corrected chi connectivity index (χ3v) is 4.31. The van der Waals surface area contributed by atoms with E-state index in [0.717, 1.165) is 48.9 Å². The van der Waals surface area contributed by atoms with Crippen molar-refractivity contribution in [2.75, 3.05) is 31.1 Å². The van der Waals surface area contributed by atoms with Crippen molar-refractivity contribution in [3.63, 3.8) is 0 Å². The zero-order chi connectivity index (χ0) is 15.4. The lowest BCUT2D eigenvalue weighted by atomic mass is 10.1. The molecule has 0 aliphatic carbocycles. The van der Waals surface area contributed by atoms with E-state index >= 15 is 0 Å². The average Bonchev–Trinajstić information content (AvgIpc) is 2.56. The summed E-state index contributed by atoms with van der Waals surface area (Å²) in [6.07, 6.45) is 0. The Labute approximate surface area is 136 Å². The molecule has 4 heteroatoms. The Bertz CT molecular complexity index is 685. The summed E-state index contributed by atoms with van der Waals surface area (Å²) in [5.74, 6) is 0. The SMILES string of the molecule is N#Cc1ccccc1CN1CCN(c2cccc(Cl)c2)CC1. The number of rotatable bonds is 3. The molecule has 1 fully saturated rings. The number of benzene rings is 2. The van der Waals surface area contributed by atoms with Gasteiger partial charge in [-0.05, 0) is 29.8 Å². The zero-order valence-corrected chi connectivity index (χ0v) is 13.1. The fraction of sp³-hybridized carbons (Fsp3) is 0.278. The van der Waals surface area contributed by atoms with Crippen molar-refractivity contribution in [3.05, 3.63) is 64.7 Å². The summed E-state index contributed by atoms with van der Waals surface area (Å²) in [6, 6.07) is 18.1. The van der Waals surface area contributed by atoms with Gasteiger partial charge in [0.2, 0.25) is 0 Å². The smallest absolute Gasteiger partial charge is 0.0995 e. The van der Waals surface area contributed by atoms with E-state index < -0.39 is 0 Å². The van der Waals surface area contributed by atoms with Gasteiger partial charge in [0.25, 0.3) is 0 Å². The second-order valence-corrected chi connectivity index (χ2v) is 5.95. The number of piperazine rings is 1. The van der Waals surface area contributed by atoms with Crippen molar-refractivity contribution >= 4 is 17.3 Å². The molecule has 1 aliphatic rings. The van der Waals surface area contributed by atoms with Crippen LogP contribution in [0.1, 0.15) is 11.1 Å². The first-order chi connectivity index (χ1) is 10.8. The van der Waals surface area contributed by atoms with E-state index in [-0.39, 0.29) is 0 Å². The van der Waals surface area contributed by atoms with Gasteiger partial charge in [-0.2, -0.15) is 5.26 Å². The van der Waals surface area contributed by atoms with Crippen molar-refractivity contribution in [1.29, 1.82) is 5.26 Å². The van der Waals surface area contributed by atoms with Gasteiger partial charge in [-0.25, -0.2) is 0 Å². The maximum Gasteiger partial charge on any atom is 0.0995 e. The van der Waals surface area contributed by atoms with E-state index in [0.29, 0.717) is 0 Å². The third-order valence-electron chi connectivity index (χ3n) is 4.08. The summed E-state index contributed by atoms with van der Waals surface area (Å²) in [5.41, 5.74) is 3.07. The highest BCUT2D eigenvalue weighted by Gasteiger charge is 2.18. The summed E-state index contributed by atoms with van der Waals surface area (Å²) in [5, 5.41) is 9.96. The highest BCUT2D eigenvalue weighted by molar-refractivity contribution is 6.30. The molecule has 0 atom stereocenters. The molecule has 2 aromatic rings. The molecule has 0 aromatic heterocycles. The van der Waals surface area contributed by atoms with E-state index in [1.807, 2.05) is 42.5 Å². The maximum absolute atomic E-state index is 9.18. The molecule has 2 aromatic carbocycles.